The SMILES string of the molecule is CC(=O)N1CCC(C(=O)Nc2cccc(-c3csc(-c4ccccc4Cl)n3)c2)CC1. The summed E-state index contributed by atoms with van der Waals surface area (Å²) in [5.41, 5.74) is 3.45. The Hall–Kier alpha value is -2.70. The number of piperidine rings is 1. The van der Waals surface area contributed by atoms with E-state index in [9.17, 15) is 9.59 Å². The molecule has 0 atom stereocenters. The molecule has 30 heavy (non-hydrogen) atoms. The van der Waals surface area contributed by atoms with Crippen molar-refractivity contribution in [3.8, 4) is 21.8 Å². The quantitative estimate of drug-likeness (QED) is 0.597. The number of rotatable bonds is 4. The van der Waals surface area contributed by atoms with Crippen LogP contribution >= 0.6 is 22.9 Å². The van der Waals surface area contributed by atoms with Crippen LogP contribution < -0.4 is 5.32 Å². The van der Waals surface area contributed by atoms with Gasteiger partial charge in [0.05, 0.1) is 10.7 Å². The zero-order valence-corrected chi connectivity index (χ0v) is 18.2. The van der Waals surface area contributed by atoms with Gasteiger partial charge >= 0.3 is 0 Å². The van der Waals surface area contributed by atoms with E-state index in [1.54, 1.807) is 23.2 Å². The van der Waals surface area contributed by atoms with E-state index >= 15 is 0 Å². The largest absolute Gasteiger partial charge is 0.343 e. The second-order valence-corrected chi connectivity index (χ2v) is 8.63. The average molecular weight is 440 g/mol. The van der Waals surface area contributed by atoms with Gasteiger partial charge in [0.15, 0.2) is 0 Å². The van der Waals surface area contributed by atoms with E-state index < -0.39 is 0 Å². The highest BCUT2D eigenvalue weighted by atomic mass is 35.5. The van der Waals surface area contributed by atoms with E-state index in [0.717, 1.165) is 27.5 Å². The van der Waals surface area contributed by atoms with Gasteiger partial charge in [-0.25, -0.2) is 4.98 Å². The number of carbonyl (C=O) groups is 2. The summed E-state index contributed by atoms with van der Waals surface area (Å²) < 4.78 is 0. The van der Waals surface area contributed by atoms with Crippen molar-refractivity contribution < 1.29 is 9.59 Å². The summed E-state index contributed by atoms with van der Waals surface area (Å²) in [4.78, 5) is 30.7. The predicted molar refractivity (Wildman–Crippen MR) is 122 cm³/mol. The standard InChI is InChI=1S/C23H22ClN3O2S/c1-15(28)27-11-9-16(10-12-27)22(29)25-18-6-4-5-17(13-18)21-14-30-23(26-21)19-7-2-3-8-20(19)24/h2-8,13-14,16H,9-12H2,1H3,(H,25,29). The van der Waals surface area contributed by atoms with Crippen LogP contribution in [0.2, 0.25) is 5.02 Å². The molecule has 7 heteroatoms. The molecule has 0 bridgehead atoms. The Labute approximate surface area is 184 Å². The van der Waals surface area contributed by atoms with E-state index in [0.29, 0.717) is 31.0 Å². The van der Waals surface area contributed by atoms with Crippen LogP contribution in [0.3, 0.4) is 0 Å². The summed E-state index contributed by atoms with van der Waals surface area (Å²) >= 11 is 7.84. The Morgan fingerprint density at radius 2 is 1.90 bits per heavy atom. The Bertz CT molecular complexity index is 1070. The van der Waals surface area contributed by atoms with Gasteiger partial charge in [0.25, 0.3) is 0 Å². The summed E-state index contributed by atoms with van der Waals surface area (Å²) in [5.74, 6) is 0.00159. The number of halogens is 1. The lowest BCUT2D eigenvalue weighted by Crippen LogP contribution is -2.40. The molecule has 1 aliphatic heterocycles. The summed E-state index contributed by atoms with van der Waals surface area (Å²) in [6, 6.07) is 15.4. The number of likely N-dealkylation sites (tertiary alicyclic amines) is 1. The van der Waals surface area contributed by atoms with Crippen molar-refractivity contribution >= 4 is 40.4 Å². The third kappa shape index (κ3) is 4.55. The number of nitrogens with one attached hydrogen (secondary N) is 1. The monoisotopic (exact) mass is 439 g/mol. The first-order valence-electron chi connectivity index (χ1n) is 9.88. The molecule has 1 aromatic heterocycles. The van der Waals surface area contributed by atoms with Gasteiger partial charge in [-0.15, -0.1) is 11.3 Å². The molecule has 0 spiro atoms. The fourth-order valence-corrected chi connectivity index (χ4v) is 4.77. The molecule has 1 N–H and O–H groups in total. The Morgan fingerprint density at radius 3 is 2.63 bits per heavy atom. The molecule has 0 saturated carbocycles. The minimum Gasteiger partial charge on any atom is -0.343 e. The lowest BCUT2D eigenvalue weighted by atomic mass is 9.95. The van der Waals surface area contributed by atoms with Crippen molar-refractivity contribution in [1.82, 2.24) is 9.88 Å². The van der Waals surface area contributed by atoms with Gasteiger partial charge < -0.3 is 10.2 Å². The maximum Gasteiger partial charge on any atom is 0.227 e. The summed E-state index contributed by atoms with van der Waals surface area (Å²) in [5, 5.41) is 6.56. The Kier molecular flexibility index (Phi) is 6.16. The molecular formula is C23H22ClN3O2S. The maximum absolute atomic E-state index is 12.7. The van der Waals surface area contributed by atoms with Crippen molar-refractivity contribution in [2.75, 3.05) is 18.4 Å². The van der Waals surface area contributed by atoms with Crippen molar-refractivity contribution in [2.45, 2.75) is 19.8 Å². The minimum atomic E-state index is -0.0737. The highest BCUT2D eigenvalue weighted by molar-refractivity contribution is 7.13. The number of anilines is 1. The fraction of sp³-hybridized carbons (Fsp3) is 0.261. The first-order chi connectivity index (χ1) is 14.5. The predicted octanol–water partition coefficient (Wildman–Crippen LogP) is 5.33. The second kappa shape index (κ2) is 8.98. The second-order valence-electron chi connectivity index (χ2n) is 7.37. The molecule has 1 saturated heterocycles. The maximum atomic E-state index is 12.7. The molecule has 2 heterocycles. The van der Waals surface area contributed by atoms with Gasteiger partial charge in [0, 0.05) is 48.1 Å². The van der Waals surface area contributed by atoms with Crippen LogP contribution in [0.5, 0.6) is 0 Å². The summed E-state index contributed by atoms with van der Waals surface area (Å²) in [6.07, 6.45) is 1.39. The van der Waals surface area contributed by atoms with Crippen LogP contribution in [0, 0.1) is 5.92 Å². The Balaban J connectivity index is 1.45. The van der Waals surface area contributed by atoms with Gasteiger partial charge in [0.2, 0.25) is 11.8 Å². The molecule has 154 valence electrons. The lowest BCUT2D eigenvalue weighted by molar-refractivity contribution is -0.132. The van der Waals surface area contributed by atoms with Crippen LogP contribution in [-0.4, -0.2) is 34.8 Å². The third-order valence-electron chi connectivity index (χ3n) is 5.35. The third-order valence-corrected chi connectivity index (χ3v) is 6.55. The lowest BCUT2D eigenvalue weighted by Gasteiger charge is -2.30. The van der Waals surface area contributed by atoms with Gasteiger partial charge in [-0.05, 0) is 31.0 Å². The number of thiazole rings is 1. The van der Waals surface area contributed by atoms with Gasteiger partial charge in [-0.3, -0.25) is 9.59 Å². The van der Waals surface area contributed by atoms with E-state index in [1.807, 2.05) is 53.9 Å². The molecule has 5 nitrogen and oxygen atoms in total. The summed E-state index contributed by atoms with van der Waals surface area (Å²) in [7, 11) is 0. The van der Waals surface area contributed by atoms with E-state index in [4.69, 9.17) is 16.6 Å². The van der Waals surface area contributed by atoms with Crippen LogP contribution in [0.4, 0.5) is 5.69 Å². The number of hydrogen-bond donors (Lipinski definition) is 1. The number of benzene rings is 2. The zero-order chi connectivity index (χ0) is 21.1. The first kappa shape index (κ1) is 20.6. The molecule has 4 rings (SSSR count). The topological polar surface area (TPSA) is 62.3 Å². The first-order valence-corrected chi connectivity index (χ1v) is 11.1. The smallest absolute Gasteiger partial charge is 0.227 e. The van der Waals surface area contributed by atoms with Gasteiger partial charge in [-0.1, -0.05) is 41.9 Å². The van der Waals surface area contributed by atoms with Crippen LogP contribution in [0.25, 0.3) is 21.8 Å². The Morgan fingerprint density at radius 1 is 1.13 bits per heavy atom. The fourth-order valence-electron chi connectivity index (χ4n) is 3.62. The normalized spacial score (nSPS) is 14.5. The minimum absolute atomic E-state index is 0.00499. The number of hydrogen-bond acceptors (Lipinski definition) is 4. The molecule has 0 radical (unpaired) electrons. The van der Waals surface area contributed by atoms with Gasteiger partial charge in [0.1, 0.15) is 5.01 Å². The number of nitrogens with zero attached hydrogens (tertiary/aromatic N) is 2. The molecule has 1 aliphatic rings. The van der Waals surface area contributed by atoms with E-state index in [1.165, 1.54) is 0 Å². The number of amides is 2. The van der Waals surface area contributed by atoms with E-state index in [-0.39, 0.29) is 17.7 Å². The van der Waals surface area contributed by atoms with Crippen LogP contribution in [0.15, 0.2) is 53.9 Å². The van der Waals surface area contributed by atoms with Crippen molar-refractivity contribution in [3.05, 3.63) is 58.9 Å². The number of carbonyl (C=O) groups excluding carboxylic acids is 2. The van der Waals surface area contributed by atoms with Crippen LogP contribution in [-0.2, 0) is 9.59 Å². The van der Waals surface area contributed by atoms with Gasteiger partial charge in [-0.2, -0.15) is 0 Å². The molecule has 1 fully saturated rings. The van der Waals surface area contributed by atoms with Crippen LogP contribution in [0.1, 0.15) is 19.8 Å². The van der Waals surface area contributed by atoms with E-state index in [2.05, 4.69) is 5.32 Å². The number of aromatic nitrogens is 1. The molecular weight excluding hydrogens is 418 g/mol. The van der Waals surface area contributed by atoms with Crippen molar-refractivity contribution in [2.24, 2.45) is 5.92 Å². The molecule has 0 aliphatic carbocycles. The molecule has 0 unspecified atom stereocenters. The average Bonchev–Trinajstić information content (AvgIpc) is 3.24. The summed E-state index contributed by atoms with van der Waals surface area (Å²) in [6.45, 7) is 2.84. The zero-order valence-electron chi connectivity index (χ0n) is 16.6. The molecule has 3 aromatic rings. The van der Waals surface area contributed by atoms with Crippen molar-refractivity contribution in [3.63, 3.8) is 0 Å². The highest BCUT2D eigenvalue weighted by Gasteiger charge is 2.26. The van der Waals surface area contributed by atoms with Crippen molar-refractivity contribution in [1.29, 1.82) is 0 Å². The molecule has 2 amide bonds. The molecule has 2 aromatic carbocycles. The highest BCUT2D eigenvalue weighted by Crippen LogP contribution is 2.33.